The molecule has 0 aromatic heterocycles. The number of Topliss-reactive ketones (excluding diaryl/α,β-unsaturated/α-hetero) is 1. The van der Waals surface area contributed by atoms with E-state index in [-0.39, 0.29) is 11.7 Å². The normalized spacial score (nSPS) is 12.5. The van der Waals surface area contributed by atoms with Crippen LogP contribution in [0.15, 0.2) is 24.3 Å². The number of ketones is 1. The fourth-order valence-electron chi connectivity index (χ4n) is 1.07. The maximum atomic E-state index is 11.6. The molecule has 2 heteroatoms. The summed E-state index contributed by atoms with van der Waals surface area (Å²) < 4.78 is 0. The molecular weight excluding hydrogens is 184 g/mol. The highest BCUT2D eigenvalue weighted by atomic mass is 35.5. The summed E-state index contributed by atoms with van der Waals surface area (Å²) >= 11 is 5.61. The predicted octanol–water partition coefficient (Wildman–Crippen LogP) is 3.05. The van der Waals surface area contributed by atoms with E-state index in [1.165, 1.54) is 0 Å². The zero-order valence-corrected chi connectivity index (χ0v) is 8.64. The molecule has 1 rings (SSSR count). The van der Waals surface area contributed by atoms with E-state index in [1.807, 2.05) is 38.1 Å². The molecule has 1 nitrogen and oxygen atoms in total. The molecular formula is C11H13ClO. The summed E-state index contributed by atoms with van der Waals surface area (Å²) in [6.45, 7) is 3.84. The Morgan fingerprint density at radius 2 is 1.92 bits per heavy atom. The van der Waals surface area contributed by atoms with Gasteiger partial charge in [-0.15, -0.1) is 11.6 Å². The number of hydrogen-bond acceptors (Lipinski definition) is 1. The van der Waals surface area contributed by atoms with Crippen LogP contribution in [0.3, 0.4) is 0 Å². The molecule has 0 radical (unpaired) electrons. The van der Waals surface area contributed by atoms with E-state index in [2.05, 4.69) is 0 Å². The molecule has 0 saturated carbocycles. The fourth-order valence-corrected chi connectivity index (χ4v) is 1.21. The predicted molar refractivity (Wildman–Crippen MR) is 55.4 cm³/mol. The maximum absolute atomic E-state index is 11.6. The SMILES string of the molecule is Cc1ccc(C(=O)C(C)CCl)cc1. The average Bonchev–Trinajstić information content (AvgIpc) is 2.17. The number of carbonyl (C=O) groups is 1. The Kier molecular flexibility index (Phi) is 3.49. The van der Waals surface area contributed by atoms with Crippen molar-refractivity contribution in [1.29, 1.82) is 0 Å². The standard InChI is InChI=1S/C11H13ClO/c1-8-3-5-10(6-4-8)11(13)9(2)7-12/h3-6,9H,7H2,1-2H3. The molecule has 1 unspecified atom stereocenters. The van der Waals surface area contributed by atoms with Crippen molar-refractivity contribution < 1.29 is 4.79 Å². The second-order valence-electron chi connectivity index (χ2n) is 3.29. The molecule has 0 N–H and O–H groups in total. The summed E-state index contributed by atoms with van der Waals surface area (Å²) in [7, 11) is 0. The molecule has 0 heterocycles. The zero-order chi connectivity index (χ0) is 9.84. The van der Waals surface area contributed by atoms with Crippen LogP contribution in [0.2, 0.25) is 0 Å². The lowest BCUT2D eigenvalue weighted by Crippen LogP contribution is -2.12. The number of rotatable bonds is 3. The van der Waals surface area contributed by atoms with Gasteiger partial charge >= 0.3 is 0 Å². The Morgan fingerprint density at radius 1 is 1.38 bits per heavy atom. The number of benzene rings is 1. The van der Waals surface area contributed by atoms with Crippen molar-refractivity contribution in [2.24, 2.45) is 5.92 Å². The monoisotopic (exact) mass is 196 g/mol. The molecule has 0 aliphatic rings. The molecule has 1 aromatic rings. The van der Waals surface area contributed by atoms with Crippen LogP contribution >= 0.6 is 11.6 Å². The number of aryl methyl sites for hydroxylation is 1. The first-order valence-corrected chi connectivity index (χ1v) is 4.85. The molecule has 0 saturated heterocycles. The second kappa shape index (κ2) is 4.43. The van der Waals surface area contributed by atoms with Crippen LogP contribution in [0.4, 0.5) is 0 Å². The first-order chi connectivity index (χ1) is 6.15. The van der Waals surface area contributed by atoms with Gasteiger partial charge in [-0.05, 0) is 6.92 Å². The van der Waals surface area contributed by atoms with Crippen LogP contribution in [-0.2, 0) is 0 Å². The lowest BCUT2D eigenvalue weighted by atomic mass is 10.0. The van der Waals surface area contributed by atoms with Crippen molar-refractivity contribution in [3.8, 4) is 0 Å². The molecule has 1 atom stereocenters. The van der Waals surface area contributed by atoms with Crippen molar-refractivity contribution in [2.45, 2.75) is 13.8 Å². The largest absolute Gasteiger partial charge is 0.294 e. The van der Waals surface area contributed by atoms with Gasteiger partial charge in [0.15, 0.2) is 5.78 Å². The Labute approximate surface area is 83.7 Å². The van der Waals surface area contributed by atoms with Gasteiger partial charge in [-0.2, -0.15) is 0 Å². The summed E-state index contributed by atoms with van der Waals surface area (Å²) in [6.07, 6.45) is 0. The summed E-state index contributed by atoms with van der Waals surface area (Å²) in [5.74, 6) is 0.409. The Hall–Kier alpha value is -0.820. The van der Waals surface area contributed by atoms with Crippen LogP contribution in [0, 0.1) is 12.8 Å². The van der Waals surface area contributed by atoms with E-state index in [1.54, 1.807) is 0 Å². The minimum Gasteiger partial charge on any atom is -0.294 e. The van der Waals surface area contributed by atoms with E-state index in [4.69, 9.17) is 11.6 Å². The summed E-state index contributed by atoms with van der Waals surface area (Å²) in [4.78, 5) is 11.6. The van der Waals surface area contributed by atoms with Crippen LogP contribution in [0.5, 0.6) is 0 Å². The molecule has 0 aliphatic heterocycles. The van der Waals surface area contributed by atoms with Gasteiger partial charge < -0.3 is 0 Å². The minimum absolute atomic E-state index is 0.0932. The van der Waals surface area contributed by atoms with Crippen molar-refractivity contribution in [3.05, 3.63) is 35.4 Å². The van der Waals surface area contributed by atoms with Crippen molar-refractivity contribution in [2.75, 3.05) is 5.88 Å². The van der Waals surface area contributed by atoms with E-state index in [9.17, 15) is 4.79 Å². The van der Waals surface area contributed by atoms with Crippen molar-refractivity contribution in [3.63, 3.8) is 0 Å². The smallest absolute Gasteiger partial charge is 0.166 e. The molecule has 0 aliphatic carbocycles. The summed E-state index contributed by atoms with van der Waals surface area (Å²) in [5, 5.41) is 0. The second-order valence-corrected chi connectivity index (χ2v) is 3.59. The molecule has 13 heavy (non-hydrogen) atoms. The molecule has 1 aromatic carbocycles. The van der Waals surface area contributed by atoms with E-state index in [0.717, 1.165) is 11.1 Å². The molecule has 0 bridgehead atoms. The van der Waals surface area contributed by atoms with Gasteiger partial charge in [-0.1, -0.05) is 36.8 Å². The third-order valence-corrected chi connectivity index (χ3v) is 2.48. The van der Waals surface area contributed by atoms with Crippen LogP contribution in [0.25, 0.3) is 0 Å². The molecule has 0 spiro atoms. The third kappa shape index (κ3) is 2.56. The zero-order valence-electron chi connectivity index (χ0n) is 7.88. The Bertz CT molecular complexity index is 289. The van der Waals surface area contributed by atoms with Gasteiger partial charge in [0.05, 0.1) is 0 Å². The summed E-state index contributed by atoms with van der Waals surface area (Å²) in [6, 6.07) is 7.57. The van der Waals surface area contributed by atoms with Gasteiger partial charge in [0.1, 0.15) is 0 Å². The quantitative estimate of drug-likeness (QED) is 0.537. The van der Waals surface area contributed by atoms with Crippen molar-refractivity contribution in [1.82, 2.24) is 0 Å². The highest BCUT2D eigenvalue weighted by Crippen LogP contribution is 2.11. The van der Waals surface area contributed by atoms with Crippen LogP contribution < -0.4 is 0 Å². The first kappa shape index (κ1) is 10.3. The Balaban J connectivity index is 2.83. The van der Waals surface area contributed by atoms with Gasteiger partial charge in [0.25, 0.3) is 0 Å². The van der Waals surface area contributed by atoms with Crippen LogP contribution in [0.1, 0.15) is 22.8 Å². The minimum atomic E-state index is -0.0932. The van der Waals surface area contributed by atoms with E-state index in [0.29, 0.717) is 5.88 Å². The number of hydrogen-bond donors (Lipinski definition) is 0. The Morgan fingerprint density at radius 3 is 2.38 bits per heavy atom. The molecule has 0 amide bonds. The number of halogens is 1. The topological polar surface area (TPSA) is 17.1 Å². The lowest BCUT2D eigenvalue weighted by molar-refractivity contribution is 0.0941. The lowest BCUT2D eigenvalue weighted by Gasteiger charge is -2.05. The number of carbonyl (C=O) groups excluding carboxylic acids is 1. The highest BCUT2D eigenvalue weighted by molar-refractivity contribution is 6.20. The van der Waals surface area contributed by atoms with Crippen molar-refractivity contribution >= 4 is 17.4 Å². The fraction of sp³-hybridized carbons (Fsp3) is 0.364. The molecule has 70 valence electrons. The van der Waals surface area contributed by atoms with Gasteiger partial charge in [0, 0.05) is 17.4 Å². The maximum Gasteiger partial charge on any atom is 0.166 e. The first-order valence-electron chi connectivity index (χ1n) is 4.32. The van der Waals surface area contributed by atoms with E-state index < -0.39 is 0 Å². The van der Waals surface area contributed by atoms with Gasteiger partial charge in [0.2, 0.25) is 0 Å². The third-order valence-electron chi connectivity index (χ3n) is 2.02. The highest BCUT2D eigenvalue weighted by Gasteiger charge is 2.12. The van der Waals surface area contributed by atoms with Gasteiger partial charge in [-0.25, -0.2) is 0 Å². The van der Waals surface area contributed by atoms with Crippen LogP contribution in [-0.4, -0.2) is 11.7 Å². The summed E-state index contributed by atoms with van der Waals surface area (Å²) in [5.41, 5.74) is 1.91. The van der Waals surface area contributed by atoms with Gasteiger partial charge in [-0.3, -0.25) is 4.79 Å². The number of alkyl halides is 1. The average molecular weight is 197 g/mol. The van der Waals surface area contributed by atoms with E-state index >= 15 is 0 Å². The molecule has 0 fully saturated rings.